The number of nitrogens with one attached hydrogen (secondary N) is 1. The molecule has 3 aromatic carbocycles. The van der Waals surface area contributed by atoms with E-state index in [2.05, 4.69) is 33.0 Å². The van der Waals surface area contributed by atoms with Gasteiger partial charge in [0.05, 0.1) is 6.42 Å². The lowest BCUT2D eigenvalue weighted by Crippen LogP contribution is -2.67. The second kappa shape index (κ2) is 8.81. The highest BCUT2D eigenvalue weighted by atomic mass is 19.1. The molecule has 1 atom stereocenters. The maximum Gasteiger partial charge on any atom is 0.255 e. The van der Waals surface area contributed by atoms with Crippen LogP contribution in [0.2, 0.25) is 0 Å². The molecule has 0 spiro atoms. The number of amides is 2. The number of carbonyl (C=O) groups excluding carboxylic acids is 2. The van der Waals surface area contributed by atoms with E-state index in [1.807, 2.05) is 48.5 Å². The molecule has 0 saturated carbocycles. The fourth-order valence-corrected chi connectivity index (χ4v) is 4.33. The first kappa shape index (κ1) is 22.7. The number of hydrogen-bond acceptors (Lipinski definition) is 2. The molecule has 1 aliphatic heterocycles. The molecule has 33 heavy (non-hydrogen) atoms. The first-order chi connectivity index (χ1) is 15.7. The van der Waals surface area contributed by atoms with Gasteiger partial charge in [-0.25, -0.2) is 4.39 Å². The third-order valence-electron chi connectivity index (χ3n) is 6.39. The van der Waals surface area contributed by atoms with Gasteiger partial charge in [0.1, 0.15) is 5.82 Å². The number of anilines is 2. The molecule has 0 aromatic heterocycles. The summed E-state index contributed by atoms with van der Waals surface area (Å²) in [4.78, 5) is 28.1. The topological polar surface area (TPSA) is 49.4 Å². The Morgan fingerprint density at radius 3 is 1.85 bits per heavy atom. The number of rotatable bonds is 6. The molecule has 1 aliphatic rings. The van der Waals surface area contributed by atoms with Crippen molar-refractivity contribution >= 4 is 23.2 Å². The number of nitrogens with zero attached hydrogens (tertiary/aromatic N) is 1. The molecular formula is C28H29FN2O2. The largest absolute Gasteiger partial charge is 0.324 e. The van der Waals surface area contributed by atoms with Crippen molar-refractivity contribution in [3.05, 3.63) is 95.3 Å². The predicted octanol–water partition coefficient (Wildman–Crippen LogP) is 6.34. The predicted molar refractivity (Wildman–Crippen MR) is 130 cm³/mol. The minimum absolute atomic E-state index is 0.0144. The van der Waals surface area contributed by atoms with Gasteiger partial charge in [0.2, 0.25) is 5.91 Å². The summed E-state index contributed by atoms with van der Waals surface area (Å²) < 4.78 is 13.7. The van der Waals surface area contributed by atoms with E-state index in [1.54, 1.807) is 12.1 Å². The summed E-state index contributed by atoms with van der Waals surface area (Å²) >= 11 is 0. The van der Waals surface area contributed by atoms with Crippen LogP contribution >= 0.6 is 0 Å². The Bertz CT molecular complexity index is 1150. The van der Waals surface area contributed by atoms with Crippen molar-refractivity contribution in [2.24, 2.45) is 0 Å². The summed E-state index contributed by atoms with van der Waals surface area (Å²) in [7, 11) is 0. The third-order valence-corrected chi connectivity index (χ3v) is 6.39. The van der Waals surface area contributed by atoms with Crippen LogP contribution in [0.1, 0.15) is 62.6 Å². The number of benzene rings is 3. The van der Waals surface area contributed by atoms with Crippen LogP contribution in [-0.2, 0) is 15.1 Å². The van der Waals surface area contributed by atoms with E-state index in [-0.39, 0.29) is 18.2 Å². The Balaban J connectivity index is 1.73. The Morgan fingerprint density at radius 2 is 1.36 bits per heavy atom. The van der Waals surface area contributed by atoms with Gasteiger partial charge >= 0.3 is 0 Å². The lowest BCUT2D eigenvalue weighted by Gasteiger charge is -2.50. The molecule has 4 rings (SSSR count). The first-order valence-corrected chi connectivity index (χ1v) is 11.3. The molecule has 3 aromatic rings. The van der Waals surface area contributed by atoms with E-state index in [0.29, 0.717) is 28.8 Å². The van der Waals surface area contributed by atoms with Crippen molar-refractivity contribution in [3.63, 3.8) is 0 Å². The Kier molecular flexibility index (Phi) is 6.07. The van der Waals surface area contributed by atoms with Gasteiger partial charge in [-0.3, -0.25) is 14.5 Å². The van der Waals surface area contributed by atoms with Gasteiger partial charge in [0.25, 0.3) is 5.91 Å². The SMILES string of the molecule is CC(C)c1ccc(NC(=O)C2(c3ccc(F)cc3)CC(=O)N2c2ccc(C(C)C)cc2)cc1. The van der Waals surface area contributed by atoms with Crippen molar-refractivity contribution in [1.29, 1.82) is 0 Å². The van der Waals surface area contributed by atoms with Crippen molar-refractivity contribution in [2.75, 3.05) is 10.2 Å². The number of β-lactam (4-membered cyclic amide) rings is 1. The molecule has 0 bridgehead atoms. The average molecular weight is 445 g/mol. The third kappa shape index (κ3) is 4.15. The zero-order chi connectivity index (χ0) is 23.8. The van der Waals surface area contributed by atoms with Crippen LogP contribution < -0.4 is 10.2 Å². The molecule has 1 saturated heterocycles. The Hall–Kier alpha value is -3.47. The van der Waals surface area contributed by atoms with Gasteiger partial charge in [-0.2, -0.15) is 0 Å². The van der Waals surface area contributed by atoms with Crippen LogP contribution in [0.25, 0.3) is 0 Å². The highest BCUT2D eigenvalue weighted by Gasteiger charge is 2.58. The van der Waals surface area contributed by atoms with E-state index in [9.17, 15) is 14.0 Å². The summed E-state index contributed by atoms with van der Waals surface area (Å²) in [6, 6.07) is 21.2. The average Bonchev–Trinajstić information content (AvgIpc) is 2.78. The van der Waals surface area contributed by atoms with Crippen molar-refractivity contribution in [3.8, 4) is 0 Å². The monoisotopic (exact) mass is 444 g/mol. The molecular weight excluding hydrogens is 415 g/mol. The summed E-state index contributed by atoms with van der Waals surface area (Å²) in [5, 5.41) is 2.99. The Morgan fingerprint density at radius 1 is 0.848 bits per heavy atom. The second-order valence-corrected chi connectivity index (χ2v) is 9.25. The molecule has 4 nitrogen and oxygen atoms in total. The quantitative estimate of drug-likeness (QED) is 0.451. The van der Waals surface area contributed by atoms with E-state index < -0.39 is 11.4 Å². The fraction of sp³-hybridized carbons (Fsp3) is 0.286. The van der Waals surface area contributed by atoms with Crippen LogP contribution in [-0.4, -0.2) is 11.8 Å². The minimum Gasteiger partial charge on any atom is -0.324 e. The van der Waals surface area contributed by atoms with Crippen LogP contribution in [0.4, 0.5) is 15.8 Å². The van der Waals surface area contributed by atoms with E-state index in [1.165, 1.54) is 22.6 Å². The van der Waals surface area contributed by atoms with Gasteiger partial charge in [0, 0.05) is 11.4 Å². The van der Waals surface area contributed by atoms with E-state index in [0.717, 1.165) is 5.56 Å². The number of halogens is 1. The van der Waals surface area contributed by atoms with Crippen molar-refractivity contribution in [2.45, 2.75) is 51.5 Å². The molecule has 0 radical (unpaired) electrons. The van der Waals surface area contributed by atoms with Crippen LogP contribution in [0, 0.1) is 5.82 Å². The van der Waals surface area contributed by atoms with E-state index in [4.69, 9.17) is 0 Å². The molecule has 1 heterocycles. The maximum absolute atomic E-state index is 13.7. The van der Waals surface area contributed by atoms with Gasteiger partial charge in [0.15, 0.2) is 5.54 Å². The van der Waals surface area contributed by atoms with Gasteiger partial charge in [-0.1, -0.05) is 64.1 Å². The second-order valence-electron chi connectivity index (χ2n) is 9.25. The molecule has 170 valence electrons. The van der Waals surface area contributed by atoms with E-state index >= 15 is 0 Å². The van der Waals surface area contributed by atoms with Gasteiger partial charge in [-0.05, 0) is 64.9 Å². The number of hydrogen-bond donors (Lipinski definition) is 1. The summed E-state index contributed by atoms with van der Waals surface area (Å²) in [6.07, 6.45) is 0.0144. The standard InChI is InChI=1S/C28H29FN2O2/c1-18(2)20-5-13-24(14-6-20)30-27(33)28(22-9-11-23(29)12-10-22)17-26(32)31(28)25-15-7-21(8-16-25)19(3)4/h5-16,18-19H,17H2,1-4H3,(H,30,33). The fourth-order valence-electron chi connectivity index (χ4n) is 4.33. The molecule has 5 heteroatoms. The minimum atomic E-state index is -1.25. The van der Waals surface area contributed by atoms with Crippen LogP contribution in [0.5, 0.6) is 0 Å². The Labute approximate surface area is 194 Å². The first-order valence-electron chi connectivity index (χ1n) is 11.3. The van der Waals surface area contributed by atoms with Crippen LogP contribution in [0.15, 0.2) is 72.8 Å². The highest BCUT2D eigenvalue weighted by molar-refractivity contribution is 6.17. The summed E-state index contributed by atoms with van der Waals surface area (Å²) in [5.41, 5.74) is 2.94. The number of carbonyl (C=O) groups is 2. The lowest BCUT2D eigenvalue weighted by atomic mass is 9.76. The molecule has 1 N–H and O–H groups in total. The molecule has 1 unspecified atom stereocenters. The molecule has 2 amide bonds. The lowest BCUT2D eigenvalue weighted by molar-refractivity contribution is -0.137. The smallest absolute Gasteiger partial charge is 0.255 e. The van der Waals surface area contributed by atoms with Crippen molar-refractivity contribution < 1.29 is 14.0 Å². The maximum atomic E-state index is 13.7. The van der Waals surface area contributed by atoms with Gasteiger partial charge in [-0.15, -0.1) is 0 Å². The van der Waals surface area contributed by atoms with Crippen molar-refractivity contribution in [1.82, 2.24) is 0 Å². The normalized spacial score (nSPS) is 17.9. The summed E-state index contributed by atoms with van der Waals surface area (Å²) in [6.45, 7) is 8.42. The van der Waals surface area contributed by atoms with Gasteiger partial charge < -0.3 is 5.32 Å². The summed E-state index contributed by atoms with van der Waals surface area (Å²) in [5.74, 6) is -0.128. The zero-order valence-corrected chi connectivity index (χ0v) is 19.4. The molecule has 0 aliphatic carbocycles. The molecule has 1 fully saturated rings. The van der Waals surface area contributed by atoms with Crippen LogP contribution in [0.3, 0.4) is 0 Å². The zero-order valence-electron chi connectivity index (χ0n) is 19.4. The highest BCUT2D eigenvalue weighted by Crippen LogP contribution is 2.46.